The van der Waals surface area contributed by atoms with E-state index in [0.29, 0.717) is 11.0 Å². The van der Waals surface area contributed by atoms with Crippen molar-refractivity contribution in [3.63, 3.8) is 0 Å². The van der Waals surface area contributed by atoms with E-state index in [1.165, 1.54) is 23.4 Å². The molecule has 0 saturated carbocycles. The van der Waals surface area contributed by atoms with Gasteiger partial charge >= 0.3 is 0 Å². The van der Waals surface area contributed by atoms with Crippen LogP contribution >= 0.6 is 35.0 Å². The zero-order valence-electron chi connectivity index (χ0n) is 10.6. The van der Waals surface area contributed by atoms with Crippen molar-refractivity contribution < 1.29 is 4.18 Å². The molecule has 20 heavy (non-hydrogen) atoms. The van der Waals surface area contributed by atoms with Crippen LogP contribution in [0.15, 0.2) is 12.3 Å². The fourth-order valence-electron chi connectivity index (χ4n) is 2.19. The van der Waals surface area contributed by atoms with Crippen LogP contribution in [0.3, 0.4) is 0 Å². The Morgan fingerprint density at radius 1 is 1.35 bits per heavy atom. The lowest BCUT2D eigenvalue weighted by molar-refractivity contribution is 0.356. The van der Waals surface area contributed by atoms with Crippen molar-refractivity contribution in [1.82, 2.24) is 15.0 Å². The molecule has 1 unspecified atom stereocenters. The maximum absolute atomic E-state index is 5.90. The van der Waals surface area contributed by atoms with Crippen LogP contribution in [0.5, 0.6) is 0 Å². The number of nitrogens with two attached hydrogens (primary N) is 1. The fraction of sp³-hybridized carbons (Fsp3) is 0.417. The van der Waals surface area contributed by atoms with E-state index in [1.807, 2.05) is 6.07 Å². The van der Waals surface area contributed by atoms with Crippen molar-refractivity contribution in [3.05, 3.63) is 23.2 Å². The third kappa shape index (κ3) is 3.06. The molecule has 2 N–H and O–H groups in total. The molecule has 0 amide bonds. The van der Waals surface area contributed by atoms with Crippen LogP contribution in [0.4, 0.5) is 5.13 Å². The molecule has 8 heteroatoms. The number of rotatable bonds is 2. The molecule has 106 valence electrons. The van der Waals surface area contributed by atoms with Gasteiger partial charge in [0.15, 0.2) is 5.13 Å². The Balaban J connectivity index is 1.99. The van der Waals surface area contributed by atoms with Crippen LogP contribution in [-0.4, -0.2) is 27.3 Å². The maximum atomic E-state index is 5.90. The van der Waals surface area contributed by atoms with Gasteiger partial charge in [-0.25, -0.2) is 15.0 Å². The number of hydrogen-bond acceptors (Lipinski definition) is 7. The summed E-state index contributed by atoms with van der Waals surface area (Å²) in [5, 5.41) is 0.794. The molecular formula is C12H13ClN4OS2. The first kappa shape index (κ1) is 14.1. The van der Waals surface area contributed by atoms with E-state index in [-0.39, 0.29) is 5.28 Å². The first-order chi connectivity index (χ1) is 9.74. The summed E-state index contributed by atoms with van der Waals surface area (Å²) in [7, 11) is 0. The Morgan fingerprint density at radius 3 is 3.10 bits per heavy atom. The van der Waals surface area contributed by atoms with Gasteiger partial charge in [-0.2, -0.15) is 0 Å². The van der Waals surface area contributed by atoms with E-state index < -0.39 is 0 Å². The van der Waals surface area contributed by atoms with Gasteiger partial charge in [0, 0.05) is 17.9 Å². The second-order valence-electron chi connectivity index (χ2n) is 4.40. The van der Waals surface area contributed by atoms with E-state index in [1.54, 1.807) is 6.20 Å². The fourth-order valence-corrected chi connectivity index (χ4v) is 3.94. The summed E-state index contributed by atoms with van der Waals surface area (Å²) < 4.78 is 5.43. The SMILES string of the molecule is Nc1nc(C2CCOSCC2)c(-c2ccnc(Cl)n2)s1. The van der Waals surface area contributed by atoms with Crippen LogP contribution in [-0.2, 0) is 4.18 Å². The van der Waals surface area contributed by atoms with Crippen LogP contribution in [0.1, 0.15) is 24.5 Å². The van der Waals surface area contributed by atoms with Gasteiger partial charge in [0.05, 0.1) is 22.9 Å². The topological polar surface area (TPSA) is 73.9 Å². The molecule has 0 aliphatic carbocycles. The van der Waals surface area contributed by atoms with Crippen LogP contribution < -0.4 is 5.73 Å². The van der Waals surface area contributed by atoms with E-state index in [2.05, 4.69) is 15.0 Å². The lowest BCUT2D eigenvalue weighted by Crippen LogP contribution is -2.03. The number of halogens is 1. The highest BCUT2D eigenvalue weighted by atomic mass is 35.5. The number of anilines is 1. The third-order valence-corrected chi connectivity index (χ3v) is 4.94. The smallest absolute Gasteiger partial charge is 0.222 e. The molecule has 1 saturated heterocycles. The van der Waals surface area contributed by atoms with E-state index in [4.69, 9.17) is 21.5 Å². The molecule has 1 atom stereocenters. The first-order valence-corrected chi connectivity index (χ1v) is 8.34. The number of hydrogen-bond donors (Lipinski definition) is 1. The highest BCUT2D eigenvalue weighted by Crippen LogP contribution is 2.39. The summed E-state index contributed by atoms with van der Waals surface area (Å²) >= 11 is 8.84. The van der Waals surface area contributed by atoms with Crippen molar-refractivity contribution >= 4 is 40.1 Å². The van der Waals surface area contributed by atoms with Gasteiger partial charge in [-0.3, -0.25) is 0 Å². The molecule has 5 nitrogen and oxygen atoms in total. The van der Waals surface area contributed by atoms with Gasteiger partial charge in [-0.15, -0.1) is 0 Å². The average Bonchev–Trinajstić information content (AvgIpc) is 2.65. The molecule has 0 spiro atoms. The van der Waals surface area contributed by atoms with Gasteiger partial charge in [0.1, 0.15) is 0 Å². The van der Waals surface area contributed by atoms with Crippen molar-refractivity contribution in [2.45, 2.75) is 18.8 Å². The van der Waals surface area contributed by atoms with Gasteiger partial charge < -0.3 is 9.92 Å². The van der Waals surface area contributed by atoms with Crippen LogP contribution in [0.25, 0.3) is 10.6 Å². The Morgan fingerprint density at radius 2 is 2.25 bits per heavy atom. The summed E-state index contributed by atoms with van der Waals surface area (Å²) in [6, 6.07) is 1.84. The summed E-state index contributed by atoms with van der Waals surface area (Å²) in [6.45, 7) is 0.733. The maximum Gasteiger partial charge on any atom is 0.222 e. The molecule has 0 bridgehead atoms. The second kappa shape index (κ2) is 6.26. The average molecular weight is 329 g/mol. The van der Waals surface area contributed by atoms with Crippen molar-refractivity contribution in [2.75, 3.05) is 18.1 Å². The molecular weight excluding hydrogens is 316 g/mol. The predicted molar refractivity (Wildman–Crippen MR) is 82.9 cm³/mol. The number of thiazole rings is 1. The highest BCUT2D eigenvalue weighted by Gasteiger charge is 2.23. The van der Waals surface area contributed by atoms with Crippen LogP contribution in [0, 0.1) is 0 Å². The van der Waals surface area contributed by atoms with Gasteiger partial charge in [-0.1, -0.05) is 11.3 Å². The molecule has 2 aromatic heterocycles. The molecule has 3 heterocycles. The monoisotopic (exact) mass is 328 g/mol. The highest BCUT2D eigenvalue weighted by molar-refractivity contribution is 7.94. The van der Waals surface area contributed by atoms with E-state index >= 15 is 0 Å². The quantitative estimate of drug-likeness (QED) is 0.673. The minimum atomic E-state index is 0.236. The molecule has 1 aliphatic heterocycles. The lowest BCUT2D eigenvalue weighted by atomic mass is 9.97. The molecule has 1 fully saturated rings. The lowest BCUT2D eigenvalue weighted by Gasteiger charge is -2.12. The summed E-state index contributed by atoms with van der Waals surface area (Å²) in [6.07, 6.45) is 3.62. The predicted octanol–water partition coefficient (Wildman–Crippen LogP) is 3.38. The second-order valence-corrected chi connectivity index (χ2v) is 6.64. The van der Waals surface area contributed by atoms with E-state index in [9.17, 15) is 0 Å². The van der Waals surface area contributed by atoms with Gasteiger partial charge in [-0.05, 0) is 42.6 Å². The zero-order chi connectivity index (χ0) is 13.9. The van der Waals surface area contributed by atoms with Crippen molar-refractivity contribution in [3.8, 4) is 10.6 Å². The summed E-state index contributed by atoms with van der Waals surface area (Å²) in [4.78, 5) is 13.7. The molecule has 2 aromatic rings. The van der Waals surface area contributed by atoms with E-state index in [0.717, 1.165) is 41.5 Å². The summed E-state index contributed by atoms with van der Waals surface area (Å²) in [5.74, 6) is 1.31. The van der Waals surface area contributed by atoms with Crippen LogP contribution in [0.2, 0.25) is 5.28 Å². The van der Waals surface area contributed by atoms with Crippen molar-refractivity contribution in [2.24, 2.45) is 0 Å². The largest absolute Gasteiger partial charge is 0.375 e. The molecule has 1 aliphatic rings. The molecule has 0 radical (unpaired) electrons. The Labute approximate surface area is 130 Å². The minimum Gasteiger partial charge on any atom is -0.375 e. The number of aromatic nitrogens is 3. The first-order valence-electron chi connectivity index (χ1n) is 6.23. The minimum absolute atomic E-state index is 0.236. The van der Waals surface area contributed by atoms with Gasteiger partial charge in [0.2, 0.25) is 5.28 Å². The standard InChI is InChI=1S/C12H13ClN4OS2/c13-11-15-4-1-8(16-11)10-9(17-12(14)20-10)7-2-5-18-19-6-3-7/h1,4,7H,2-3,5-6H2,(H2,14,17). The number of nitrogen functional groups attached to an aromatic ring is 1. The Kier molecular flexibility index (Phi) is 4.40. The Hall–Kier alpha value is -0.890. The summed E-state index contributed by atoms with van der Waals surface area (Å²) in [5.41, 5.74) is 7.69. The molecule has 3 rings (SSSR count). The molecule has 0 aromatic carbocycles. The van der Waals surface area contributed by atoms with Gasteiger partial charge in [0.25, 0.3) is 0 Å². The third-order valence-electron chi connectivity index (χ3n) is 3.10. The normalized spacial score (nSPS) is 19.8. The van der Waals surface area contributed by atoms with Crippen molar-refractivity contribution in [1.29, 1.82) is 0 Å². The zero-order valence-corrected chi connectivity index (χ0v) is 13.0. The Bertz CT molecular complexity index is 599. The number of nitrogens with zero attached hydrogens (tertiary/aromatic N) is 3.